The van der Waals surface area contributed by atoms with E-state index in [1.54, 1.807) is 0 Å². The van der Waals surface area contributed by atoms with E-state index in [0.29, 0.717) is 10.8 Å². The summed E-state index contributed by atoms with van der Waals surface area (Å²) in [5.74, 6) is -0.532. The van der Waals surface area contributed by atoms with Gasteiger partial charge in [0.15, 0.2) is 0 Å². The average Bonchev–Trinajstić information content (AvgIpc) is 2.94. The van der Waals surface area contributed by atoms with E-state index in [9.17, 15) is 14.4 Å². The van der Waals surface area contributed by atoms with Crippen molar-refractivity contribution < 1.29 is 23.6 Å². The Kier molecular flexibility index (Phi) is 4.03. The molecule has 9 heteroatoms. The quantitative estimate of drug-likeness (QED) is 0.800. The lowest BCUT2D eigenvalue weighted by Crippen LogP contribution is -2.41. The smallest absolute Gasteiger partial charge is 0.465 e. The van der Waals surface area contributed by atoms with Crippen LogP contribution in [0.25, 0.3) is 10.1 Å². The zero-order chi connectivity index (χ0) is 18.6. The van der Waals surface area contributed by atoms with E-state index in [2.05, 4.69) is 5.32 Å². The van der Waals surface area contributed by atoms with Crippen LogP contribution in [0, 0.1) is 17.1 Å². The number of amides is 1. The number of hydrogen-bond acceptors (Lipinski definition) is 5. The number of thiophene rings is 1. The molecule has 0 bridgehead atoms. The van der Waals surface area contributed by atoms with Crippen LogP contribution >= 0.6 is 11.3 Å². The minimum atomic E-state index is -1.32. The monoisotopic (exact) mass is 362 g/mol. The van der Waals surface area contributed by atoms with Crippen molar-refractivity contribution in [1.29, 1.82) is 5.26 Å². The molecular formula is C16H16BFN2O4S. The van der Waals surface area contributed by atoms with Gasteiger partial charge in [0.2, 0.25) is 0 Å². The first-order valence-electron chi connectivity index (χ1n) is 7.58. The van der Waals surface area contributed by atoms with E-state index in [4.69, 9.17) is 14.4 Å². The summed E-state index contributed by atoms with van der Waals surface area (Å²) in [4.78, 5) is 11.0. The molecule has 0 saturated carbocycles. The molecule has 3 rings (SSSR count). The standard InChI is InChI=1S/C16H16BFN2O4S/c1-15(2)16(3,4)24-17(23-15)9-5-6-10(18)12-11(9)8(7-19)13(25-12)20-14(21)22/h5-6,20H,1-4H3,(H,21,22). The van der Waals surface area contributed by atoms with Crippen LogP contribution < -0.4 is 10.8 Å². The molecule has 0 spiro atoms. The van der Waals surface area contributed by atoms with Crippen molar-refractivity contribution in [2.24, 2.45) is 0 Å². The third-order valence-corrected chi connectivity index (χ3v) is 5.78. The summed E-state index contributed by atoms with van der Waals surface area (Å²) in [7, 11) is -0.785. The highest BCUT2D eigenvalue weighted by molar-refractivity contribution is 7.23. The van der Waals surface area contributed by atoms with Gasteiger partial charge in [0.1, 0.15) is 16.9 Å². The summed E-state index contributed by atoms with van der Waals surface area (Å²) < 4.78 is 26.5. The summed E-state index contributed by atoms with van der Waals surface area (Å²) in [6, 6.07) is 4.74. The summed E-state index contributed by atoms with van der Waals surface area (Å²) in [6.45, 7) is 7.57. The average molecular weight is 362 g/mol. The molecule has 1 aliphatic rings. The molecule has 25 heavy (non-hydrogen) atoms. The molecule has 1 aromatic heterocycles. The van der Waals surface area contributed by atoms with Crippen LogP contribution in [0.1, 0.15) is 33.3 Å². The van der Waals surface area contributed by atoms with Crippen LogP contribution in [-0.2, 0) is 9.31 Å². The molecule has 1 saturated heterocycles. The number of hydrogen-bond donors (Lipinski definition) is 2. The van der Waals surface area contributed by atoms with Crippen molar-refractivity contribution in [2.45, 2.75) is 38.9 Å². The van der Waals surface area contributed by atoms with Crippen LogP contribution in [0.15, 0.2) is 12.1 Å². The van der Waals surface area contributed by atoms with Crippen molar-refractivity contribution in [3.05, 3.63) is 23.5 Å². The number of carboxylic acid groups (broad SMARTS) is 1. The summed E-state index contributed by atoms with van der Waals surface area (Å²) >= 11 is 0.876. The largest absolute Gasteiger partial charge is 0.495 e. The first-order valence-corrected chi connectivity index (χ1v) is 8.39. The first kappa shape index (κ1) is 17.7. The molecule has 1 aromatic carbocycles. The Morgan fingerprint density at radius 3 is 2.44 bits per heavy atom. The number of nitrogens with one attached hydrogen (secondary N) is 1. The Bertz CT molecular complexity index is 903. The zero-order valence-electron chi connectivity index (χ0n) is 14.1. The van der Waals surface area contributed by atoms with E-state index in [1.807, 2.05) is 33.8 Å². The number of nitriles is 1. The highest BCUT2D eigenvalue weighted by Gasteiger charge is 2.52. The Hall–Kier alpha value is -2.15. The minimum Gasteiger partial charge on any atom is -0.465 e. The van der Waals surface area contributed by atoms with Gasteiger partial charge in [0.05, 0.1) is 21.5 Å². The van der Waals surface area contributed by atoms with E-state index >= 15 is 0 Å². The van der Waals surface area contributed by atoms with E-state index < -0.39 is 30.2 Å². The molecule has 1 amide bonds. The number of rotatable bonds is 2. The second kappa shape index (κ2) is 5.69. The molecule has 1 aliphatic heterocycles. The normalized spacial score (nSPS) is 18.3. The van der Waals surface area contributed by atoms with E-state index in [1.165, 1.54) is 12.1 Å². The lowest BCUT2D eigenvalue weighted by atomic mass is 9.76. The van der Waals surface area contributed by atoms with Crippen LogP contribution in [0.5, 0.6) is 0 Å². The fraction of sp³-hybridized carbons (Fsp3) is 0.375. The summed E-state index contributed by atoms with van der Waals surface area (Å²) in [6.07, 6.45) is -1.32. The molecular weight excluding hydrogens is 346 g/mol. The van der Waals surface area contributed by atoms with Gasteiger partial charge in [-0.1, -0.05) is 6.07 Å². The summed E-state index contributed by atoms with van der Waals surface area (Å²) in [5.41, 5.74) is -0.625. The fourth-order valence-corrected chi connectivity index (χ4v) is 3.73. The molecule has 1 fully saturated rings. The Balaban J connectivity index is 2.21. The third-order valence-electron chi connectivity index (χ3n) is 4.66. The number of fused-ring (bicyclic) bond motifs is 1. The van der Waals surface area contributed by atoms with Crippen LogP contribution in [0.2, 0.25) is 0 Å². The summed E-state index contributed by atoms with van der Waals surface area (Å²) in [5, 5.41) is 21.0. The fourth-order valence-electron chi connectivity index (χ4n) is 2.66. The maximum absolute atomic E-state index is 14.3. The highest BCUT2D eigenvalue weighted by Crippen LogP contribution is 2.40. The van der Waals surface area contributed by atoms with Gasteiger partial charge in [-0.3, -0.25) is 5.32 Å². The number of nitrogens with zero attached hydrogens (tertiary/aromatic N) is 1. The molecule has 2 heterocycles. The van der Waals surface area contributed by atoms with Crippen LogP contribution in [-0.4, -0.2) is 29.5 Å². The Morgan fingerprint density at radius 1 is 1.32 bits per heavy atom. The SMILES string of the molecule is CC1(C)OB(c2ccc(F)c3sc(NC(=O)O)c(C#N)c23)OC1(C)C. The predicted molar refractivity (Wildman–Crippen MR) is 93.9 cm³/mol. The van der Waals surface area contributed by atoms with Crippen molar-refractivity contribution in [3.8, 4) is 6.07 Å². The lowest BCUT2D eigenvalue weighted by molar-refractivity contribution is 0.00578. The van der Waals surface area contributed by atoms with Gasteiger partial charge in [0.25, 0.3) is 0 Å². The minimum absolute atomic E-state index is 0.0617. The first-order chi connectivity index (χ1) is 11.6. The molecule has 6 nitrogen and oxygen atoms in total. The van der Waals surface area contributed by atoms with Crippen LogP contribution in [0.4, 0.5) is 14.2 Å². The maximum Gasteiger partial charge on any atom is 0.495 e. The number of benzene rings is 1. The van der Waals surface area contributed by atoms with Gasteiger partial charge in [-0.15, -0.1) is 11.3 Å². The number of anilines is 1. The molecule has 2 aromatic rings. The van der Waals surface area contributed by atoms with E-state index in [-0.39, 0.29) is 15.3 Å². The van der Waals surface area contributed by atoms with Gasteiger partial charge < -0.3 is 14.4 Å². The zero-order valence-corrected chi connectivity index (χ0v) is 15.0. The second-order valence-corrected chi connectivity index (χ2v) is 7.80. The van der Waals surface area contributed by atoms with Gasteiger partial charge in [-0.05, 0) is 39.2 Å². The molecule has 130 valence electrons. The van der Waals surface area contributed by atoms with E-state index in [0.717, 1.165) is 11.3 Å². The van der Waals surface area contributed by atoms with Gasteiger partial charge in [0, 0.05) is 5.39 Å². The highest BCUT2D eigenvalue weighted by atomic mass is 32.1. The molecule has 0 atom stereocenters. The van der Waals surface area contributed by atoms with Crippen molar-refractivity contribution in [2.75, 3.05) is 5.32 Å². The predicted octanol–water partition coefficient (Wildman–Crippen LogP) is 3.30. The van der Waals surface area contributed by atoms with Crippen LogP contribution in [0.3, 0.4) is 0 Å². The van der Waals surface area contributed by atoms with Crippen molar-refractivity contribution in [1.82, 2.24) is 0 Å². The molecule has 2 N–H and O–H groups in total. The van der Waals surface area contributed by atoms with Crippen molar-refractivity contribution >= 4 is 45.1 Å². The Labute approximate surface area is 148 Å². The topological polar surface area (TPSA) is 91.6 Å². The number of halogens is 1. The number of carbonyl (C=O) groups is 1. The second-order valence-electron chi connectivity index (χ2n) is 6.78. The van der Waals surface area contributed by atoms with Gasteiger partial charge in [-0.25, -0.2) is 9.18 Å². The molecule has 0 unspecified atom stereocenters. The molecule has 0 radical (unpaired) electrons. The van der Waals surface area contributed by atoms with Gasteiger partial charge in [-0.2, -0.15) is 5.26 Å². The van der Waals surface area contributed by atoms with Crippen molar-refractivity contribution in [3.63, 3.8) is 0 Å². The van der Waals surface area contributed by atoms with Gasteiger partial charge >= 0.3 is 13.2 Å². The maximum atomic E-state index is 14.3. The Morgan fingerprint density at radius 2 is 1.92 bits per heavy atom. The lowest BCUT2D eigenvalue weighted by Gasteiger charge is -2.32. The molecule has 0 aliphatic carbocycles. The third kappa shape index (κ3) is 2.76.